The van der Waals surface area contributed by atoms with E-state index in [1.165, 1.54) is 12.1 Å². The van der Waals surface area contributed by atoms with Gasteiger partial charge in [-0.1, -0.05) is 23.7 Å². The van der Waals surface area contributed by atoms with Gasteiger partial charge in [0.2, 0.25) is 0 Å². The third kappa shape index (κ3) is 5.64. The zero-order valence-electron chi connectivity index (χ0n) is 14.6. The Bertz CT molecular complexity index is 816. The third-order valence-corrected chi connectivity index (χ3v) is 4.27. The van der Waals surface area contributed by atoms with Crippen molar-refractivity contribution in [2.45, 2.75) is 12.6 Å². The predicted octanol–water partition coefficient (Wildman–Crippen LogP) is 4.91. The minimum absolute atomic E-state index is 0.197. The molecule has 0 unspecified atom stereocenters. The molecule has 0 heterocycles. The second-order valence-electron chi connectivity index (χ2n) is 5.48. The summed E-state index contributed by atoms with van der Waals surface area (Å²) in [7, 11) is 3.11. The molecule has 146 valence electrons. The molecular formula is C18H18ClF3N2O2S. The molecule has 0 spiro atoms. The molecule has 0 saturated carbocycles. The normalized spacial score (nSPS) is 11.0. The van der Waals surface area contributed by atoms with Crippen LogP contribution in [0.1, 0.15) is 11.1 Å². The fourth-order valence-corrected chi connectivity index (χ4v) is 2.90. The van der Waals surface area contributed by atoms with Crippen LogP contribution in [0.5, 0.6) is 11.5 Å². The lowest BCUT2D eigenvalue weighted by Crippen LogP contribution is -2.30. The molecule has 0 aliphatic rings. The summed E-state index contributed by atoms with van der Waals surface area (Å²) in [6, 6.07) is 9.06. The Morgan fingerprint density at radius 1 is 1.15 bits per heavy atom. The number of hydrogen-bond acceptors (Lipinski definition) is 3. The number of thiocarbonyl (C=S) groups is 1. The summed E-state index contributed by atoms with van der Waals surface area (Å²) in [5, 5.41) is 5.51. The molecule has 0 aliphatic heterocycles. The molecule has 0 radical (unpaired) electrons. The van der Waals surface area contributed by atoms with Crippen molar-refractivity contribution in [1.29, 1.82) is 0 Å². The van der Waals surface area contributed by atoms with Gasteiger partial charge in [-0.2, -0.15) is 13.2 Å². The molecule has 2 N–H and O–H groups in total. The Hall–Kier alpha value is -2.19. The van der Waals surface area contributed by atoms with E-state index in [1.54, 1.807) is 20.3 Å². The van der Waals surface area contributed by atoms with Gasteiger partial charge in [0.15, 0.2) is 16.6 Å². The van der Waals surface area contributed by atoms with Gasteiger partial charge in [0.25, 0.3) is 0 Å². The molecule has 0 amide bonds. The van der Waals surface area contributed by atoms with Gasteiger partial charge in [-0.25, -0.2) is 0 Å². The number of methoxy groups -OCH3 is 2. The summed E-state index contributed by atoms with van der Waals surface area (Å²) in [5.74, 6) is 1.25. The lowest BCUT2D eigenvalue weighted by atomic mass is 10.1. The van der Waals surface area contributed by atoms with Crippen molar-refractivity contribution in [2.24, 2.45) is 0 Å². The number of hydrogen-bond donors (Lipinski definition) is 2. The van der Waals surface area contributed by atoms with E-state index in [-0.39, 0.29) is 15.8 Å². The number of anilines is 1. The molecule has 0 aromatic heterocycles. The molecule has 4 nitrogen and oxygen atoms in total. The van der Waals surface area contributed by atoms with Crippen LogP contribution >= 0.6 is 23.8 Å². The van der Waals surface area contributed by atoms with Gasteiger partial charge >= 0.3 is 6.18 Å². The summed E-state index contributed by atoms with van der Waals surface area (Å²) in [6.07, 6.45) is -3.96. The number of ether oxygens (including phenoxy) is 2. The molecule has 2 aromatic rings. The summed E-state index contributed by atoms with van der Waals surface area (Å²) < 4.78 is 49.3. The van der Waals surface area contributed by atoms with Gasteiger partial charge < -0.3 is 20.1 Å². The summed E-state index contributed by atoms with van der Waals surface area (Å²) in [6.45, 7) is 0.453. The first-order valence-corrected chi connectivity index (χ1v) is 8.66. The van der Waals surface area contributed by atoms with Gasteiger partial charge in [0.05, 0.1) is 24.8 Å². The first kappa shape index (κ1) is 21.1. The van der Waals surface area contributed by atoms with Crippen molar-refractivity contribution in [3.63, 3.8) is 0 Å². The number of nitrogens with one attached hydrogen (secondary N) is 2. The second-order valence-corrected chi connectivity index (χ2v) is 6.29. The van der Waals surface area contributed by atoms with Crippen molar-refractivity contribution in [3.8, 4) is 11.5 Å². The Labute approximate surface area is 165 Å². The van der Waals surface area contributed by atoms with Crippen molar-refractivity contribution >= 4 is 34.6 Å². The number of benzene rings is 2. The van der Waals surface area contributed by atoms with E-state index in [4.69, 9.17) is 33.3 Å². The highest BCUT2D eigenvalue weighted by Crippen LogP contribution is 2.36. The van der Waals surface area contributed by atoms with Crippen molar-refractivity contribution in [1.82, 2.24) is 5.32 Å². The monoisotopic (exact) mass is 418 g/mol. The molecule has 0 bridgehead atoms. The lowest BCUT2D eigenvalue weighted by Gasteiger charge is -2.15. The van der Waals surface area contributed by atoms with E-state index in [9.17, 15) is 13.2 Å². The SMILES string of the molecule is COc1cccc(CCNC(=S)Nc2ccc(Cl)c(C(F)(F)F)c2)c1OC. The highest BCUT2D eigenvalue weighted by atomic mass is 35.5. The Morgan fingerprint density at radius 3 is 2.52 bits per heavy atom. The smallest absolute Gasteiger partial charge is 0.417 e. The van der Waals surface area contributed by atoms with Crippen LogP contribution in [-0.4, -0.2) is 25.9 Å². The van der Waals surface area contributed by atoms with Crippen LogP contribution in [0.3, 0.4) is 0 Å². The zero-order chi connectivity index (χ0) is 20.0. The minimum Gasteiger partial charge on any atom is -0.493 e. The molecule has 2 rings (SSSR count). The van der Waals surface area contributed by atoms with Gasteiger partial charge in [-0.05, 0) is 48.5 Å². The van der Waals surface area contributed by atoms with Gasteiger partial charge in [0, 0.05) is 12.2 Å². The van der Waals surface area contributed by atoms with Crippen LogP contribution in [0.2, 0.25) is 5.02 Å². The largest absolute Gasteiger partial charge is 0.493 e. The lowest BCUT2D eigenvalue weighted by molar-refractivity contribution is -0.137. The number of para-hydroxylation sites is 1. The minimum atomic E-state index is -4.53. The van der Waals surface area contributed by atoms with Crippen molar-refractivity contribution in [2.75, 3.05) is 26.1 Å². The second kappa shape index (κ2) is 9.14. The van der Waals surface area contributed by atoms with E-state index in [0.717, 1.165) is 11.6 Å². The van der Waals surface area contributed by atoms with Gasteiger partial charge in [-0.3, -0.25) is 0 Å². The van der Waals surface area contributed by atoms with Crippen molar-refractivity contribution < 1.29 is 22.6 Å². The van der Waals surface area contributed by atoms with Crippen LogP contribution in [-0.2, 0) is 12.6 Å². The van der Waals surface area contributed by atoms with E-state index >= 15 is 0 Å². The van der Waals surface area contributed by atoms with Gasteiger partial charge in [-0.15, -0.1) is 0 Å². The number of rotatable bonds is 6. The quantitative estimate of drug-likeness (QED) is 0.653. The molecule has 0 atom stereocenters. The molecule has 0 fully saturated rings. The van der Waals surface area contributed by atoms with Gasteiger partial charge in [0.1, 0.15) is 0 Å². The van der Waals surface area contributed by atoms with Crippen LogP contribution < -0.4 is 20.1 Å². The first-order chi connectivity index (χ1) is 12.8. The Morgan fingerprint density at radius 2 is 1.89 bits per heavy atom. The fraction of sp³-hybridized carbons (Fsp3) is 0.278. The zero-order valence-corrected chi connectivity index (χ0v) is 16.2. The molecule has 0 saturated heterocycles. The summed E-state index contributed by atoms with van der Waals surface area (Å²) in [4.78, 5) is 0. The maximum Gasteiger partial charge on any atom is 0.417 e. The molecule has 2 aromatic carbocycles. The Balaban J connectivity index is 1.96. The predicted molar refractivity (Wildman–Crippen MR) is 104 cm³/mol. The van der Waals surface area contributed by atoms with Crippen LogP contribution in [0, 0.1) is 0 Å². The number of alkyl halides is 3. The Kier molecular flexibility index (Phi) is 7.15. The molecule has 9 heteroatoms. The maximum absolute atomic E-state index is 12.9. The third-order valence-electron chi connectivity index (χ3n) is 3.69. The number of halogens is 4. The van der Waals surface area contributed by atoms with Crippen LogP contribution in [0.4, 0.5) is 18.9 Å². The van der Waals surface area contributed by atoms with E-state index < -0.39 is 11.7 Å². The highest BCUT2D eigenvalue weighted by Gasteiger charge is 2.33. The van der Waals surface area contributed by atoms with Crippen LogP contribution in [0.25, 0.3) is 0 Å². The molecule has 27 heavy (non-hydrogen) atoms. The summed E-state index contributed by atoms with van der Waals surface area (Å²) >= 11 is 10.7. The summed E-state index contributed by atoms with van der Waals surface area (Å²) in [5.41, 5.74) is 0.194. The van der Waals surface area contributed by atoms with E-state index in [0.29, 0.717) is 24.5 Å². The molecule has 0 aliphatic carbocycles. The first-order valence-electron chi connectivity index (χ1n) is 7.87. The van der Waals surface area contributed by atoms with Crippen LogP contribution in [0.15, 0.2) is 36.4 Å². The van der Waals surface area contributed by atoms with E-state index in [1.807, 2.05) is 12.1 Å². The fourth-order valence-electron chi connectivity index (χ4n) is 2.46. The average Bonchev–Trinajstić information content (AvgIpc) is 2.62. The highest BCUT2D eigenvalue weighted by molar-refractivity contribution is 7.80. The maximum atomic E-state index is 12.9. The standard InChI is InChI=1S/C18H18ClF3N2O2S/c1-25-15-5-3-4-11(16(15)26-2)8-9-23-17(27)24-12-6-7-14(19)13(10-12)18(20,21)22/h3-7,10H,8-9H2,1-2H3,(H2,23,24,27). The average molecular weight is 419 g/mol. The van der Waals surface area contributed by atoms with E-state index in [2.05, 4.69) is 10.6 Å². The topological polar surface area (TPSA) is 42.5 Å². The molecular weight excluding hydrogens is 401 g/mol. The van der Waals surface area contributed by atoms with Crippen molar-refractivity contribution in [3.05, 3.63) is 52.5 Å².